The number of aromatic nitrogens is 1. The van der Waals surface area contributed by atoms with Crippen LogP contribution in [0.3, 0.4) is 0 Å². The molecule has 1 aliphatic heterocycles. The summed E-state index contributed by atoms with van der Waals surface area (Å²) in [5.74, 6) is 0. The lowest BCUT2D eigenvalue weighted by atomic mass is 10.1. The molecule has 6 nitrogen and oxygen atoms in total. The number of ether oxygens (including phenoxy) is 1. The lowest BCUT2D eigenvalue weighted by Crippen LogP contribution is -2.45. The van der Waals surface area contributed by atoms with Crippen molar-refractivity contribution >= 4 is 28.2 Å². The first kappa shape index (κ1) is 21.7. The zero-order valence-electron chi connectivity index (χ0n) is 17.9. The molecule has 1 saturated heterocycles. The molecule has 1 unspecified atom stereocenters. The Morgan fingerprint density at radius 3 is 2.76 bits per heavy atom. The van der Waals surface area contributed by atoms with E-state index in [1.54, 1.807) is 0 Å². The van der Waals surface area contributed by atoms with E-state index in [-0.39, 0.29) is 11.7 Å². The van der Waals surface area contributed by atoms with Gasteiger partial charge in [0.05, 0.1) is 18.2 Å². The lowest BCUT2D eigenvalue weighted by Gasteiger charge is -2.28. The SMILES string of the molecule is Cc1cc(C)c2[nH]c(=O)c(CN(CCN(C)C)C(=S)NCC3CCCO3)cc2c1. The minimum atomic E-state index is -0.0544. The van der Waals surface area contributed by atoms with Gasteiger partial charge in [0.1, 0.15) is 0 Å². The van der Waals surface area contributed by atoms with Crippen LogP contribution in [-0.2, 0) is 11.3 Å². The molecule has 2 heterocycles. The molecule has 1 fully saturated rings. The van der Waals surface area contributed by atoms with E-state index in [4.69, 9.17) is 17.0 Å². The number of nitrogens with one attached hydrogen (secondary N) is 2. The standard InChI is InChI=1S/C22H32N4O2S/c1-15-10-16(2)20-17(11-15)12-18(21(27)24-20)14-26(8-7-25(3)4)22(29)23-13-19-6-5-9-28-19/h10-12,19H,5-9,13-14H2,1-4H3,(H,23,29)(H,24,27). The van der Waals surface area contributed by atoms with Gasteiger partial charge in [-0.3, -0.25) is 4.79 Å². The fraction of sp³-hybridized carbons (Fsp3) is 0.545. The van der Waals surface area contributed by atoms with Crippen molar-refractivity contribution in [3.8, 4) is 0 Å². The quantitative estimate of drug-likeness (QED) is 0.677. The van der Waals surface area contributed by atoms with Crippen molar-refractivity contribution in [2.24, 2.45) is 0 Å². The third-order valence-electron chi connectivity index (χ3n) is 5.34. The van der Waals surface area contributed by atoms with E-state index in [2.05, 4.69) is 39.2 Å². The summed E-state index contributed by atoms with van der Waals surface area (Å²) in [5.41, 5.74) is 3.85. The summed E-state index contributed by atoms with van der Waals surface area (Å²) in [4.78, 5) is 20.0. The normalized spacial score (nSPS) is 16.5. The van der Waals surface area contributed by atoms with Crippen molar-refractivity contribution in [3.05, 3.63) is 45.2 Å². The molecular formula is C22H32N4O2S. The number of nitrogens with zero attached hydrogens (tertiary/aromatic N) is 2. The Morgan fingerprint density at radius 2 is 2.07 bits per heavy atom. The number of fused-ring (bicyclic) bond motifs is 1. The first-order chi connectivity index (χ1) is 13.8. The van der Waals surface area contributed by atoms with Gasteiger partial charge in [0.25, 0.3) is 5.56 Å². The zero-order chi connectivity index (χ0) is 21.0. The molecule has 1 atom stereocenters. The zero-order valence-corrected chi connectivity index (χ0v) is 18.7. The molecule has 2 N–H and O–H groups in total. The van der Waals surface area contributed by atoms with Crippen LogP contribution in [0.2, 0.25) is 0 Å². The Hall–Kier alpha value is -1.96. The monoisotopic (exact) mass is 416 g/mol. The highest BCUT2D eigenvalue weighted by molar-refractivity contribution is 7.80. The molecule has 0 saturated carbocycles. The average Bonchev–Trinajstić information content (AvgIpc) is 3.17. The highest BCUT2D eigenvalue weighted by Gasteiger charge is 2.18. The van der Waals surface area contributed by atoms with Gasteiger partial charge in [-0.25, -0.2) is 0 Å². The number of likely N-dealkylation sites (N-methyl/N-ethyl adjacent to an activating group) is 1. The predicted molar refractivity (Wildman–Crippen MR) is 123 cm³/mol. The summed E-state index contributed by atoms with van der Waals surface area (Å²) >= 11 is 5.67. The Labute approximate surface area is 178 Å². The van der Waals surface area contributed by atoms with Gasteiger partial charge < -0.3 is 24.8 Å². The second kappa shape index (κ2) is 9.69. The second-order valence-electron chi connectivity index (χ2n) is 8.22. The van der Waals surface area contributed by atoms with E-state index < -0.39 is 0 Å². The van der Waals surface area contributed by atoms with Crippen molar-refractivity contribution < 1.29 is 4.74 Å². The van der Waals surface area contributed by atoms with Crippen LogP contribution >= 0.6 is 12.2 Å². The smallest absolute Gasteiger partial charge is 0.253 e. The lowest BCUT2D eigenvalue weighted by molar-refractivity contribution is 0.113. The number of pyridine rings is 1. The van der Waals surface area contributed by atoms with Crippen LogP contribution in [0.25, 0.3) is 10.9 Å². The van der Waals surface area contributed by atoms with Crippen molar-refractivity contribution in [2.75, 3.05) is 40.3 Å². The van der Waals surface area contributed by atoms with Crippen LogP contribution in [0, 0.1) is 13.8 Å². The van der Waals surface area contributed by atoms with E-state index in [1.807, 2.05) is 27.1 Å². The van der Waals surface area contributed by atoms with E-state index in [9.17, 15) is 4.79 Å². The van der Waals surface area contributed by atoms with Gasteiger partial charge in [-0.05, 0) is 76.1 Å². The summed E-state index contributed by atoms with van der Waals surface area (Å²) in [5, 5.41) is 5.07. The van der Waals surface area contributed by atoms with Crippen LogP contribution in [0.1, 0.15) is 29.5 Å². The minimum absolute atomic E-state index is 0.0544. The molecule has 3 rings (SSSR count). The van der Waals surface area contributed by atoms with Crippen LogP contribution in [0.5, 0.6) is 0 Å². The number of benzene rings is 1. The van der Waals surface area contributed by atoms with Gasteiger partial charge >= 0.3 is 0 Å². The van der Waals surface area contributed by atoms with Crippen LogP contribution in [0.15, 0.2) is 23.0 Å². The highest BCUT2D eigenvalue weighted by Crippen LogP contribution is 2.18. The molecule has 29 heavy (non-hydrogen) atoms. The fourth-order valence-electron chi connectivity index (χ4n) is 3.75. The third kappa shape index (κ3) is 5.78. The molecule has 0 bridgehead atoms. The molecule has 7 heteroatoms. The van der Waals surface area contributed by atoms with Crippen molar-refractivity contribution in [3.63, 3.8) is 0 Å². The van der Waals surface area contributed by atoms with E-state index in [1.165, 1.54) is 5.56 Å². The largest absolute Gasteiger partial charge is 0.376 e. The summed E-state index contributed by atoms with van der Waals surface area (Å²) < 4.78 is 5.69. The van der Waals surface area contributed by atoms with Gasteiger partial charge in [0.2, 0.25) is 0 Å². The molecular weight excluding hydrogens is 384 g/mol. The molecule has 0 aliphatic carbocycles. The summed E-state index contributed by atoms with van der Waals surface area (Å²) in [6, 6.07) is 6.20. The van der Waals surface area contributed by atoms with Gasteiger partial charge in [0.15, 0.2) is 5.11 Å². The maximum absolute atomic E-state index is 12.8. The molecule has 2 aromatic rings. The number of aryl methyl sites for hydroxylation is 2. The van der Waals surface area contributed by atoms with Gasteiger partial charge in [-0.1, -0.05) is 11.6 Å². The van der Waals surface area contributed by atoms with Crippen LogP contribution < -0.4 is 10.9 Å². The van der Waals surface area contributed by atoms with E-state index in [0.29, 0.717) is 18.2 Å². The second-order valence-corrected chi connectivity index (χ2v) is 8.60. The topological polar surface area (TPSA) is 60.6 Å². The predicted octanol–water partition coefficient (Wildman–Crippen LogP) is 2.56. The molecule has 0 amide bonds. The Morgan fingerprint density at radius 1 is 1.28 bits per heavy atom. The van der Waals surface area contributed by atoms with E-state index >= 15 is 0 Å². The van der Waals surface area contributed by atoms with Crippen molar-refractivity contribution in [2.45, 2.75) is 39.3 Å². The van der Waals surface area contributed by atoms with E-state index in [0.717, 1.165) is 54.6 Å². The van der Waals surface area contributed by atoms with Gasteiger partial charge in [-0.15, -0.1) is 0 Å². The molecule has 158 valence electrons. The summed E-state index contributed by atoms with van der Waals surface area (Å²) in [7, 11) is 4.07. The average molecular weight is 417 g/mol. The summed E-state index contributed by atoms with van der Waals surface area (Å²) in [6.45, 7) is 7.71. The Kier molecular flexibility index (Phi) is 7.27. The number of aromatic amines is 1. The Balaban J connectivity index is 1.79. The first-order valence-corrected chi connectivity index (χ1v) is 10.7. The minimum Gasteiger partial charge on any atom is -0.376 e. The Bertz CT molecular complexity index is 919. The number of hydrogen-bond donors (Lipinski definition) is 2. The number of rotatable bonds is 7. The van der Waals surface area contributed by atoms with Crippen LogP contribution in [-0.4, -0.2) is 66.3 Å². The number of H-pyrrole nitrogens is 1. The number of hydrogen-bond acceptors (Lipinski definition) is 4. The van der Waals surface area contributed by atoms with Crippen molar-refractivity contribution in [1.29, 1.82) is 0 Å². The maximum atomic E-state index is 12.8. The van der Waals surface area contributed by atoms with Gasteiger partial charge in [-0.2, -0.15) is 0 Å². The molecule has 1 aromatic carbocycles. The summed E-state index contributed by atoms with van der Waals surface area (Å²) in [6.07, 6.45) is 2.39. The molecule has 0 spiro atoms. The number of thiocarbonyl (C=S) groups is 1. The molecule has 0 radical (unpaired) electrons. The molecule has 1 aliphatic rings. The molecule has 1 aromatic heterocycles. The third-order valence-corrected chi connectivity index (χ3v) is 5.74. The van der Waals surface area contributed by atoms with Crippen molar-refractivity contribution in [1.82, 2.24) is 20.1 Å². The highest BCUT2D eigenvalue weighted by atomic mass is 32.1. The first-order valence-electron chi connectivity index (χ1n) is 10.3. The fourth-order valence-corrected chi connectivity index (χ4v) is 3.99. The van der Waals surface area contributed by atoms with Crippen LogP contribution in [0.4, 0.5) is 0 Å². The van der Waals surface area contributed by atoms with Gasteiger partial charge in [0, 0.05) is 31.8 Å². The maximum Gasteiger partial charge on any atom is 0.253 e.